The molecule has 0 amide bonds. The summed E-state index contributed by atoms with van der Waals surface area (Å²) in [6.45, 7) is 8.50. The van der Waals surface area contributed by atoms with E-state index in [1.165, 1.54) is 4.88 Å². The van der Waals surface area contributed by atoms with Gasteiger partial charge in [0.05, 0.1) is 11.9 Å². The molecule has 0 aliphatic carbocycles. The van der Waals surface area contributed by atoms with Crippen LogP contribution in [-0.4, -0.2) is 16.2 Å². The Morgan fingerprint density at radius 2 is 2.10 bits per heavy atom. The lowest BCUT2D eigenvalue weighted by molar-refractivity contribution is 0.102. The van der Waals surface area contributed by atoms with Gasteiger partial charge < -0.3 is 4.57 Å². The first-order chi connectivity index (χ1) is 9.47. The van der Waals surface area contributed by atoms with Crippen molar-refractivity contribution < 1.29 is 4.79 Å². The maximum Gasteiger partial charge on any atom is 0.179 e. The van der Waals surface area contributed by atoms with Crippen LogP contribution in [0.4, 0.5) is 0 Å². The molecule has 0 spiro atoms. The average Bonchev–Trinajstić information content (AvgIpc) is 3.01. The smallest absolute Gasteiger partial charge is 0.179 e. The van der Waals surface area contributed by atoms with Crippen LogP contribution >= 0.6 is 22.9 Å². The minimum atomic E-state index is -0.000276. The van der Waals surface area contributed by atoms with E-state index in [-0.39, 0.29) is 17.7 Å². The second-order valence-corrected chi connectivity index (χ2v) is 6.66. The van der Waals surface area contributed by atoms with Gasteiger partial charge in [-0.2, -0.15) is 0 Å². The SMILES string of the molecule is Cc1cc(C(=O)CCl)c(C)n1C(c1cccs1)C(C)C. The third-order valence-corrected chi connectivity index (χ3v) is 4.84. The van der Waals surface area contributed by atoms with Gasteiger partial charge in [-0.25, -0.2) is 0 Å². The molecule has 1 unspecified atom stereocenters. The van der Waals surface area contributed by atoms with Crippen molar-refractivity contribution in [3.63, 3.8) is 0 Å². The molecule has 0 aliphatic heterocycles. The van der Waals surface area contributed by atoms with Crippen molar-refractivity contribution in [3.8, 4) is 0 Å². The summed E-state index contributed by atoms with van der Waals surface area (Å²) in [7, 11) is 0. The van der Waals surface area contributed by atoms with Gasteiger partial charge >= 0.3 is 0 Å². The number of halogens is 1. The molecule has 0 saturated carbocycles. The van der Waals surface area contributed by atoms with Crippen molar-refractivity contribution in [1.29, 1.82) is 0 Å². The number of alkyl halides is 1. The maximum absolute atomic E-state index is 11.9. The highest BCUT2D eigenvalue weighted by atomic mass is 35.5. The number of hydrogen-bond donors (Lipinski definition) is 0. The maximum atomic E-state index is 11.9. The molecular formula is C16H20ClNOS. The van der Waals surface area contributed by atoms with Crippen LogP contribution < -0.4 is 0 Å². The van der Waals surface area contributed by atoms with E-state index in [1.54, 1.807) is 11.3 Å². The number of nitrogens with zero attached hydrogens (tertiary/aromatic N) is 1. The van der Waals surface area contributed by atoms with Crippen molar-refractivity contribution >= 4 is 28.7 Å². The number of Topliss-reactive ketones (excluding diaryl/α,β-unsaturated/α-hetero) is 1. The van der Waals surface area contributed by atoms with Gasteiger partial charge in [-0.05, 0) is 37.3 Å². The van der Waals surface area contributed by atoms with E-state index < -0.39 is 0 Å². The topological polar surface area (TPSA) is 22.0 Å². The first kappa shape index (κ1) is 15.3. The summed E-state index contributed by atoms with van der Waals surface area (Å²) in [5.74, 6) is 0.493. The number of thiophene rings is 1. The summed E-state index contributed by atoms with van der Waals surface area (Å²) in [6, 6.07) is 6.47. The van der Waals surface area contributed by atoms with E-state index in [2.05, 4.69) is 42.9 Å². The molecular weight excluding hydrogens is 290 g/mol. The Balaban J connectivity index is 2.55. The summed E-state index contributed by atoms with van der Waals surface area (Å²) in [6.07, 6.45) is 0. The summed E-state index contributed by atoms with van der Waals surface area (Å²) in [5, 5.41) is 2.10. The zero-order valence-electron chi connectivity index (χ0n) is 12.3. The van der Waals surface area contributed by atoms with Crippen molar-refractivity contribution in [2.75, 3.05) is 5.88 Å². The molecule has 0 radical (unpaired) electrons. The van der Waals surface area contributed by atoms with Gasteiger partial charge in [0.2, 0.25) is 0 Å². The van der Waals surface area contributed by atoms with Gasteiger partial charge in [-0.1, -0.05) is 19.9 Å². The van der Waals surface area contributed by atoms with Crippen LogP contribution in [0.2, 0.25) is 0 Å². The lowest BCUT2D eigenvalue weighted by Gasteiger charge is -2.25. The van der Waals surface area contributed by atoms with Crippen LogP contribution in [0.25, 0.3) is 0 Å². The summed E-state index contributed by atoms with van der Waals surface area (Å²) in [4.78, 5) is 13.3. The fourth-order valence-electron chi connectivity index (χ4n) is 2.77. The van der Waals surface area contributed by atoms with Crippen molar-refractivity contribution in [3.05, 3.63) is 45.4 Å². The molecule has 0 bridgehead atoms. The lowest BCUT2D eigenvalue weighted by atomic mass is 10.0. The molecule has 0 saturated heterocycles. The minimum Gasteiger partial charge on any atom is -0.340 e. The Kier molecular flexibility index (Phi) is 4.71. The molecule has 2 aromatic heterocycles. The third kappa shape index (κ3) is 2.70. The Morgan fingerprint density at radius 1 is 1.40 bits per heavy atom. The highest BCUT2D eigenvalue weighted by Gasteiger charge is 2.24. The van der Waals surface area contributed by atoms with E-state index >= 15 is 0 Å². The van der Waals surface area contributed by atoms with E-state index in [9.17, 15) is 4.79 Å². The number of rotatable bonds is 5. The number of hydrogen-bond acceptors (Lipinski definition) is 2. The molecule has 2 aromatic rings. The molecule has 2 heterocycles. The highest BCUT2D eigenvalue weighted by molar-refractivity contribution is 7.10. The van der Waals surface area contributed by atoms with Crippen LogP contribution in [0.5, 0.6) is 0 Å². The van der Waals surface area contributed by atoms with E-state index in [4.69, 9.17) is 11.6 Å². The molecule has 0 N–H and O–H groups in total. The fourth-order valence-corrected chi connectivity index (χ4v) is 3.91. The minimum absolute atomic E-state index is 0.000276. The Bertz CT molecular complexity index is 598. The second kappa shape index (κ2) is 6.15. The standard InChI is InChI=1S/C16H20ClNOS/c1-10(2)16(15-6-5-7-20-15)18-11(3)8-13(12(18)4)14(19)9-17/h5-8,10,16H,9H2,1-4H3. The molecule has 20 heavy (non-hydrogen) atoms. The molecule has 2 rings (SSSR count). The predicted octanol–water partition coefficient (Wildman–Crippen LogP) is 4.83. The van der Waals surface area contributed by atoms with Gasteiger partial charge in [-0.3, -0.25) is 4.79 Å². The largest absolute Gasteiger partial charge is 0.340 e. The Morgan fingerprint density at radius 3 is 2.60 bits per heavy atom. The average molecular weight is 310 g/mol. The molecule has 1 atom stereocenters. The van der Waals surface area contributed by atoms with Crippen molar-refractivity contribution in [2.45, 2.75) is 33.7 Å². The number of carbonyl (C=O) groups excluding carboxylic acids is 1. The molecule has 0 fully saturated rings. The molecule has 4 heteroatoms. The van der Waals surface area contributed by atoms with Gasteiger partial charge in [0.1, 0.15) is 0 Å². The second-order valence-electron chi connectivity index (χ2n) is 5.42. The quantitative estimate of drug-likeness (QED) is 0.572. The van der Waals surface area contributed by atoms with Crippen molar-refractivity contribution in [2.24, 2.45) is 5.92 Å². The van der Waals surface area contributed by atoms with E-state index in [0.29, 0.717) is 5.92 Å². The number of carbonyl (C=O) groups is 1. The monoisotopic (exact) mass is 309 g/mol. The van der Waals surface area contributed by atoms with Crippen LogP contribution in [-0.2, 0) is 0 Å². The normalized spacial score (nSPS) is 12.9. The zero-order chi connectivity index (χ0) is 14.9. The highest BCUT2D eigenvalue weighted by Crippen LogP contribution is 2.34. The van der Waals surface area contributed by atoms with E-state index in [0.717, 1.165) is 17.0 Å². The third-order valence-electron chi connectivity index (χ3n) is 3.65. The lowest BCUT2D eigenvalue weighted by Crippen LogP contribution is -2.18. The van der Waals surface area contributed by atoms with Gasteiger partial charge in [0, 0.05) is 21.8 Å². The molecule has 2 nitrogen and oxygen atoms in total. The van der Waals surface area contributed by atoms with Gasteiger partial charge in [0.15, 0.2) is 5.78 Å². The summed E-state index contributed by atoms with van der Waals surface area (Å²) < 4.78 is 2.27. The van der Waals surface area contributed by atoms with Gasteiger partial charge in [-0.15, -0.1) is 22.9 Å². The Hall–Kier alpha value is -1.06. The number of aromatic nitrogens is 1. The number of aryl methyl sites for hydroxylation is 1. The summed E-state index contributed by atoms with van der Waals surface area (Å²) >= 11 is 7.47. The van der Waals surface area contributed by atoms with E-state index in [1.807, 2.05) is 13.0 Å². The van der Waals surface area contributed by atoms with Crippen molar-refractivity contribution in [1.82, 2.24) is 4.57 Å². The van der Waals surface area contributed by atoms with Crippen LogP contribution in [0.1, 0.15) is 46.5 Å². The first-order valence-electron chi connectivity index (χ1n) is 6.78. The van der Waals surface area contributed by atoms with Crippen LogP contribution in [0.3, 0.4) is 0 Å². The number of ketones is 1. The van der Waals surface area contributed by atoms with Crippen LogP contribution in [0.15, 0.2) is 23.6 Å². The Labute approximate surface area is 129 Å². The zero-order valence-corrected chi connectivity index (χ0v) is 13.9. The predicted molar refractivity (Wildman–Crippen MR) is 86.3 cm³/mol. The fraction of sp³-hybridized carbons (Fsp3) is 0.438. The van der Waals surface area contributed by atoms with Gasteiger partial charge in [0.25, 0.3) is 0 Å². The first-order valence-corrected chi connectivity index (χ1v) is 8.19. The van der Waals surface area contributed by atoms with Crippen LogP contribution in [0, 0.1) is 19.8 Å². The molecule has 108 valence electrons. The molecule has 0 aromatic carbocycles. The summed E-state index contributed by atoms with van der Waals surface area (Å²) in [5.41, 5.74) is 2.88. The molecule has 0 aliphatic rings.